The highest BCUT2D eigenvalue weighted by atomic mass is 32.1. The molecule has 4 nitrogen and oxygen atoms in total. The second kappa shape index (κ2) is 6.43. The number of carbonyl (C=O) groups excluding carboxylic acids is 1. The molecule has 0 aliphatic rings. The smallest absolute Gasteiger partial charge is 0.251 e. The van der Waals surface area contributed by atoms with Crippen LogP contribution in [0.5, 0.6) is 0 Å². The summed E-state index contributed by atoms with van der Waals surface area (Å²) in [5, 5.41) is 8.10. The molecule has 2 aromatic rings. The van der Waals surface area contributed by atoms with E-state index in [0.717, 1.165) is 12.1 Å². The van der Waals surface area contributed by atoms with Crippen LogP contribution in [0.25, 0.3) is 0 Å². The van der Waals surface area contributed by atoms with Crippen LogP contribution in [0.2, 0.25) is 0 Å². The molecule has 1 aromatic heterocycles. The second-order valence-corrected chi connectivity index (χ2v) is 5.48. The molecule has 0 saturated heterocycles. The minimum atomic E-state index is -0.114. The third kappa shape index (κ3) is 3.11. The van der Waals surface area contributed by atoms with Crippen LogP contribution >= 0.6 is 11.3 Å². The van der Waals surface area contributed by atoms with Crippen LogP contribution in [-0.2, 0) is 0 Å². The molecule has 0 spiro atoms. The van der Waals surface area contributed by atoms with Gasteiger partial charge in [-0.2, -0.15) is 0 Å². The lowest BCUT2D eigenvalue weighted by Crippen LogP contribution is -2.18. The number of amides is 1. The maximum absolute atomic E-state index is 11.7. The molecule has 1 atom stereocenters. The highest BCUT2D eigenvalue weighted by Crippen LogP contribution is 2.29. The van der Waals surface area contributed by atoms with Crippen molar-refractivity contribution in [3.05, 3.63) is 46.2 Å². The van der Waals surface area contributed by atoms with Crippen molar-refractivity contribution in [3.63, 3.8) is 0 Å². The summed E-state index contributed by atoms with van der Waals surface area (Å²) < 4.78 is 0. The molecule has 0 aliphatic heterocycles. The van der Waals surface area contributed by atoms with E-state index in [0.29, 0.717) is 11.3 Å². The van der Waals surface area contributed by atoms with Crippen molar-refractivity contribution in [1.82, 2.24) is 5.32 Å². The Morgan fingerprint density at radius 3 is 2.80 bits per heavy atom. The maximum Gasteiger partial charge on any atom is 0.251 e. The predicted octanol–water partition coefficient (Wildman–Crippen LogP) is 3.25. The van der Waals surface area contributed by atoms with Gasteiger partial charge < -0.3 is 16.4 Å². The highest BCUT2D eigenvalue weighted by Gasteiger charge is 2.13. The number of anilines is 2. The predicted molar refractivity (Wildman–Crippen MR) is 85.2 cm³/mol. The molecule has 4 N–H and O–H groups in total. The van der Waals surface area contributed by atoms with Gasteiger partial charge in [-0.05, 0) is 36.1 Å². The lowest BCUT2D eigenvalue weighted by Gasteiger charge is -2.19. The summed E-state index contributed by atoms with van der Waals surface area (Å²) >= 11 is 1.71. The number of nitrogen functional groups attached to an aromatic ring is 1. The summed E-state index contributed by atoms with van der Waals surface area (Å²) in [6, 6.07) is 9.63. The Hall–Kier alpha value is -2.01. The Labute approximate surface area is 123 Å². The topological polar surface area (TPSA) is 67.2 Å². The van der Waals surface area contributed by atoms with Crippen molar-refractivity contribution in [2.75, 3.05) is 18.1 Å². The summed E-state index contributed by atoms with van der Waals surface area (Å²) in [7, 11) is 1.62. The van der Waals surface area contributed by atoms with E-state index < -0.39 is 0 Å². The lowest BCUT2D eigenvalue weighted by molar-refractivity contribution is 0.0963. The van der Waals surface area contributed by atoms with Gasteiger partial charge in [0.25, 0.3) is 5.91 Å². The number of thiophene rings is 1. The van der Waals surface area contributed by atoms with Crippen LogP contribution in [-0.4, -0.2) is 13.0 Å². The molecule has 20 heavy (non-hydrogen) atoms. The number of carbonyl (C=O) groups is 1. The molecule has 0 bridgehead atoms. The zero-order chi connectivity index (χ0) is 14.5. The molecule has 106 valence electrons. The lowest BCUT2D eigenvalue weighted by atomic mass is 10.1. The Kier molecular flexibility index (Phi) is 4.63. The van der Waals surface area contributed by atoms with Crippen LogP contribution < -0.4 is 16.4 Å². The van der Waals surface area contributed by atoms with Gasteiger partial charge in [0.1, 0.15) is 0 Å². The van der Waals surface area contributed by atoms with Crippen LogP contribution in [0.1, 0.15) is 34.6 Å². The first kappa shape index (κ1) is 14.4. The van der Waals surface area contributed by atoms with Crippen LogP contribution in [0.3, 0.4) is 0 Å². The molecule has 1 aromatic carbocycles. The SMILES string of the molecule is CCC(Nc1cc(C(=O)NC)ccc1N)c1cccs1. The van der Waals surface area contributed by atoms with Crippen molar-refractivity contribution in [1.29, 1.82) is 0 Å². The molecule has 0 fully saturated rings. The van der Waals surface area contributed by atoms with Crippen LogP contribution in [0.15, 0.2) is 35.7 Å². The van der Waals surface area contributed by atoms with Gasteiger partial charge in [-0.25, -0.2) is 0 Å². The van der Waals surface area contributed by atoms with Crippen molar-refractivity contribution >= 4 is 28.6 Å². The Balaban J connectivity index is 2.25. The van der Waals surface area contributed by atoms with Gasteiger partial charge in [0, 0.05) is 17.5 Å². The van der Waals surface area contributed by atoms with Gasteiger partial charge in [-0.1, -0.05) is 13.0 Å². The fraction of sp³-hybridized carbons (Fsp3) is 0.267. The molecule has 0 aliphatic carbocycles. The largest absolute Gasteiger partial charge is 0.397 e. The molecule has 1 unspecified atom stereocenters. The van der Waals surface area contributed by atoms with Crippen molar-refractivity contribution in [3.8, 4) is 0 Å². The number of hydrogen-bond acceptors (Lipinski definition) is 4. The van der Waals surface area contributed by atoms with Gasteiger partial charge >= 0.3 is 0 Å². The summed E-state index contributed by atoms with van der Waals surface area (Å²) in [5.74, 6) is -0.114. The standard InChI is InChI=1S/C15H19N3OS/c1-3-12(14-5-4-8-20-14)18-13-9-10(15(19)17-2)6-7-11(13)16/h4-9,12,18H,3,16H2,1-2H3,(H,17,19). The molecule has 1 heterocycles. The summed E-state index contributed by atoms with van der Waals surface area (Å²) in [6.45, 7) is 2.12. The number of hydrogen-bond donors (Lipinski definition) is 3. The Morgan fingerprint density at radius 1 is 1.40 bits per heavy atom. The molecular weight excluding hydrogens is 270 g/mol. The van der Waals surface area contributed by atoms with E-state index in [9.17, 15) is 4.79 Å². The minimum Gasteiger partial charge on any atom is -0.397 e. The quantitative estimate of drug-likeness (QED) is 0.740. The third-order valence-electron chi connectivity index (χ3n) is 3.17. The van der Waals surface area contributed by atoms with E-state index in [1.54, 1.807) is 36.6 Å². The number of nitrogens with one attached hydrogen (secondary N) is 2. The normalized spacial score (nSPS) is 11.9. The molecule has 0 saturated carbocycles. The summed E-state index contributed by atoms with van der Waals surface area (Å²) in [5.41, 5.74) is 8.04. The molecule has 5 heteroatoms. The van der Waals surface area contributed by atoms with Gasteiger partial charge in [-0.15, -0.1) is 11.3 Å². The first-order chi connectivity index (χ1) is 9.65. The van der Waals surface area contributed by atoms with E-state index in [1.165, 1.54) is 4.88 Å². The average Bonchev–Trinajstić information content (AvgIpc) is 2.99. The molecule has 2 rings (SSSR count). The Bertz CT molecular complexity index is 581. The molecule has 0 radical (unpaired) electrons. The fourth-order valence-electron chi connectivity index (χ4n) is 2.02. The number of nitrogens with two attached hydrogens (primary N) is 1. The molecule has 1 amide bonds. The minimum absolute atomic E-state index is 0.114. The van der Waals surface area contributed by atoms with Crippen LogP contribution in [0, 0.1) is 0 Å². The molecular formula is C15H19N3OS. The summed E-state index contributed by atoms with van der Waals surface area (Å²) in [6.07, 6.45) is 0.949. The summed E-state index contributed by atoms with van der Waals surface area (Å²) in [4.78, 5) is 12.9. The Morgan fingerprint density at radius 2 is 2.20 bits per heavy atom. The van der Waals surface area contributed by atoms with E-state index in [2.05, 4.69) is 29.0 Å². The van der Waals surface area contributed by atoms with Crippen LogP contribution in [0.4, 0.5) is 11.4 Å². The van der Waals surface area contributed by atoms with Gasteiger partial charge in [0.05, 0.1) is 17.4 Å². The van der Waals surface area contributed by atoms with E-state index >= 15 is 0 Å². The van der Waals surface area contributed by atoms with Gasteiger partial charge in [0.2, 0.25) is 0 Å². The first-order valence-electron chi connectivity index (χ1n) is 6.57. The van der Waals surface area contributed by atoms with E-state index in [4.69, 9.17) is 5.73 Å². The third-order valence-corrected chi connectivity index (χ3v) is 4.15. The highest BCUT2D eigenvalue weighted by molar-refractivity contribution is 7.10. The zero-order valence-corrected chi connectivity index (χ0v) is 12.5. The first-order valence-corrected chi connectivity index (χ1v) is 7.45. The van der Waals surface area contributed by atoms with Gasteiger partial charge in [0.15, 0.2) is 0 Å². The van der Waals surface area contributed by atoms with E-state index in [-0.39, 0.29) is 11.9 Å². The van der Waals surface area contributed by atoms with E-state index in [1.807, 2.05) is 6.07 Å². The van der Waals surface area contributed by atoms with Gasteiger partial charge in [-0.3, -0.25) is 4.79 Å². The number of benzene rings is 1. The fourth-order valence-corrected chi connectivity index (χ4v) is 2.88. The van der Waals surface area contributed by atoms with Crippen molar-refractivity contribution < 1.29 is 4.79 Å². The monoisotopic (exact) mass is 289 g/mol. The average molecular weight is 289 g/mol. The maximum atomic E-state index is 11.7. The van der Waals surface area contributed by atoms with Crippen molar-refractivity contribution in [2.45, 2.75) is 19.4 Å². The van der Waals surface area contributed by atoms with Crippen molar-refractivity contribution in [2.24, 2.45) is 0 Å². The number of rotatable bonds is 5. The zero-order valence-electron chi connectivity index (χ0n) is 11.6. The second-order valence-electron chi connectivity index (χ2n) is 4.50.